The predicted octanol–water partition coefficient (Wildman–Crippen LogP) is 1.78. The van der Waals surface area contributed by atoms with Gasteiger partial charge in [-0.05, 0) is 20.8 Å². The molecule has 60 valence electrons. The zero-order valence-electron chi connectivity index (χ0n) is 7.18. The highest BCUT2D eigenvalue weighted by atomic mass is 16.5. The van der Waals surface area contributed by atoms with E-state index in [1.54, 1.807) is 6.92 Å². The second-order valence-corrected chi connectivity index (χ2v) is 2.65. The van der Waals surface area contributed by atoms with Gasteiger partial charge in [-0.2, -0.15) is 0 Å². The summed E-state index contributed by atoms with van der Waals surface area (Å²) in [7, 11) is 0. The minimum Gasteiger partial charge on any atom is -0.368 e. The van der Waals surface area contributed by atoms with Gasteiger partial charge in [0.15, 0.2) is 5.78 Å². The molecule has 10 heavy (non-hydrogen) atoms. The molecule has 0 fully saturated rings. The van der Waals surface area contributed by atoms with E-state index >= 15 is 0 Å². The number of ketones is 1. The van der Waals surface area contributed by atoms with Gasteiger partial charge in [0.05, 0.1) is 6.10 Å². The molecular weight excluding hydrogens is 128 g/mol. The molecule has 1 atom stereocenters. The Labute approximate surface area is 62.6 Å². The first-order valence-electron chi connectivity index (χ1n) is 3.76. The first-order valence-corrected chi connectivity index (χ1v) is 3.76. The van der Waals surface area contributed by atoms with Crippen LogP contribution in [0.2, 0.25) is 0 Å². The minimum atomic E-state index is -0.231. The van der Waals surface area contributed by atoms with Crippen molar-refractivity contribution in [3.63, 3.8) is 0 Å². The average molecular weight is 144 g/mol. The van der Waals surface area contributed by atoms with Crippen molar-refractivity contribution in [3.05, 3.63) is 0 Å². The highest BCUT2D eigenvalue weighted by molar-refractivity contribution is 5.82. The van der Waals surface area contributed by atoms with Crippen molar-refractivity contribution < 1.29 is 9.53 Å². The van der Waals surface area contributed by atoms with Crippen molar-refractivity contribution >= 4 is 5.78 Å². The van der Waals surface area contributed by atoms with E-state index in [9.17, 15) is 4.79 Å². The van der Waals surface area contributed by atoms with E-state index < -0.39 is 0 Å². The highest BCUT2D eigenvalue weighted by Crippen LogP contribution is 2.00. The summed E-state index contributed by atoms with van der Waals surface area (Å²) in [4.78, 5) is 10.9. The summed E-state index contributed by atoms with van der Waals surface area (Å²) in [5.74, 6) is 0.175. The Morgan fingerprint density at radius 2 is 1.90 bits per heavy atom. The number of rotatable bonds is 4. The molecule has 1 unspecified atom stereocenters. The maximum atomic E-state index is 10.9. The van der Waals surface area contributed by atoms with Crippen molar-refractivity contribution in [3.8, 4) is 0 Å². The van der Waals surface area contributed by atoms with Crippen LogP contribution < -0.4 is 0 Å². The van der Waals surface area contributed by atoms with E-state index in [1.165, 1.54) is 0 Å². The van der Waals surface area contributed by atoms with Crippen LogP contribution in [0.25, 0.3) is 0 Å². The van der Waals surface area contributed by atoms with Crippen LogP contribution >= 0.6 is 0 Å². The highest BCUT2D eigenvalue weighted by Gasteiger charge is 2.11. The van der Waals surface area contributed by atoms with Gasteiger partial charge in [-0.15, -0.1) is 0 Å². The molecule has 0 aliphatic carbocycles. The van der Waals surface area contributed by atoms with Gasteiger partial charge in [0.2, 0.25) is 0 Å². The normalized spacial score (nSPS) is 13.7. The summed E-state index contributed by atoms with van der Waals surface area (Å²) in [5.41, 5.74) is 0. The molecule has 2 nitrogen and oxygen atoms in total. The van der Waals surface area contributed by atoms with Crippen LogP contribution in [0.5, 0.6) is 0 Å². The molecule has 0 aromatic rings. The largest absolute Gasteiger partial charge is 0.368 e. The molecule has 2 heteroatoms. The maximum absolute atomic E-state index is 10.9. The molecular formula is C8H16O2. The molecule has 0 rings (SSSR count). The molecule has 0 spiro atoms. The summed E-state index contributed by atoms with van der Waals surface area (Å²) in [6, 6.07) is 0. The Balaban J connectivity index is 3.61. The summed E-state index contributed by atoms with van der Waals surface area (Å²) in [6.45, 7) is 7.51. The molecule has 0 bridgehead atoms. The summed E-state index contributed by atoms with van der Waals surface area (Å²) in [6.07, 6.45) is 0.476. The van der Waals surface area contributed by atoms with E-state index in [0.717, 1.165) is 0 Å². The van der Waals surface area contributed by atoms with Gasteiger partial charge in [-0.1, -0.05) is 6.92 Å². The van der Waals surface area contributed by atoms with Crippen LogP contribution in [-0.4, -0.2) is 18.0 Å². The smallest absolute Gasteiger partial charge is 0.161 e. The number of ether oxygens (including phenoxy) is 1. The van der Waals surface area contributed by atoms with E-state index in [2.05, 4.69) is 0 Å². The number of carbonyl (C=O) groups is 1. The van der Waals surface area contributed by atoms with E-state index in [0.29, 0.717) is 6.42 Å². The summed E-state index contributed by atoms with van der Waals surface area (Å²) >= 11 is 0. The van der Waals surface area contributed by atoms with E-state index in [4.69, 9.17) is 4.74 Å². The molecule has 0 N–H and O–H groups in total. The SMILES string of the molecule is CCC(=O)C(C)OC(C)C. The standard InChI is InChI=1S/C8H16O2/c1-5-8(9)7(4)10-6(2)3/h6-7H,5H2,1-4H3. The van der Waals surface area contributed by atoms with Crippen LogP contribution in [0.1, 0.15) is 34.1 Å². The second-order valence-electron chi connectivity index (χ2n) is 2.65. The molecule has 0 aromatic heterocycles. The molecule has 0 heterocycles. The van der Waals surface area contributed by atoms with Crippen LogP contribution in [0.3, 0.4) is 0 Å². The monoisotopic (exact) mass is 144 g/mol. The third kappa shape index (κ3) is 3.62. The van der Waals surface area contributed by atoms with Gasteiger partial charge in [0.25, 0.3) is 0 Å². The molecule has 0 radical (unpaired) electrons. The molecule has 0 aliphatic rings. The average Bonchev–Trinajstić information content (AvgIpc) is 1.85. The topological polar surface area (TPSA) is 26.3 Å². The Morgan fingerprint density at radius 1 is 1.40 bits per heavy atom. The van der Waals surface area contributed by atoms with Crippen LogP contribution in [-0.2, 0) is 9.53 Å². The van der Waals surface area contributed by atoms with Crippen LogP contribution in [0.15, 0.2) is 0 Å². The van der Waals surface area contributed by atoms with Gasteiger partial charge in [-0.25, -0.2) is 0 Å². The van der Waals surface area contributed by atoms with Gasteiger partial charge in [-0.3, -0.25) is 4.79 Å². The molecule has 0 amide bonds. The van der Waals surface area contributed by atoms with Crippen molar-refractivity contribution in [2.45, 2.75) is 46.3 Å². The Morgan fingerprint density at radius 3 is 2.20 bits per heavy atom. The van der Waals surface area contributed by atoms with Gasteiger partial charge >= 0.3 is 0 Å². The molecule has 0 saturated carbocycles. The lowest BCUT2D eigenvalue weighted by Crippen LogP contribution is -2.23. The van der Waals surface area contributed by atoms with Crippen molar-refractivity contribution in [2.75, 3.05) is 0 Å². The zero-order valence-corrected chi connectivity index (χ0v) is 7.18. The first-order chi connectivity index (χ1) is 4.57. The van der Waals surface area contributed by atoms with E-state index in [1.807, 2.05) is 20.8 Å². The Bertz CT molecular complexity index is 108. The number of hydrogen-bond acceptors (Lipinski definition) is 2. The van der Waals surface area contributed by atoms with Crippen LogP contribution in [0.4, 0.5) is 0 Å². The molecule has 0 aliphatic heterocycles. The third-order valence-electron chi connectivity index (χ3n) is 1.28. The van der Waals surface area contributed by atoms with Crippen molar-refractivity contribution in [1.29, 1.82) is 0 Å². The third-order valence-corrected chi connectivity index (χ3v) is 1.28. The fraction of sp³-hybridized carbons (Fsp3) is 0.875. The van der Waals surface area contributed by atoms with E-state index in [-0.39, 0.29) is 18.0 Å². The summed E-state index contributed by atoms with van der Waals surface area (Å²) in [5, 5.41) is 0. The predicted molar refractivity (Wildman–Crippen MR) is 41.0 cm³/mol. The first kappa shape index (κ1) is 9.63. The summed E-state index contributed by atoms with van der Waals surface area (Å²) < 4.78 is 5.25. The molecule has 0 saturated heterocycles. The van der Waals surface area contributed by atoms with Gasteiger partial charge in [0, 0.05) is 6.42 Å². The quantitative estimate of drug-likeness (QED) is 0.601. The number of Topliss-reactive ketones (excluding diaryl/α,β-unsaturated/α-hetero) is 1. The lowest BCUT2D eigenvalue weighted by atomic mass is 10.2. The Kier molecular flexibility index (Phi) is 4.28. The van der Waals surface area contributed by atoms with Crippen molar-refractivity contribution in [2.24, 2.45) is 0 Å². The van der Waals surface area contributed by atoms with Crippen LogP contribution in [0, 0.1) is 0 Å². The van der Waals surface area contributed by atoms with Gasteiger partial charge in [0.1, 0.15) is 6.10 Å². The molecule has 0 aromatic carbocycles. The number of hydrogen-bond donors (Lipinski definition) is 0. The van der Waals surface area contributed by atoms with Crippen molar-refractivity contribution in [1.82, 2.24) is 0 Å². The number of carbonyl (C=O) groups excluding carboxylic acids is 1. The fourth-order valence-electron chi connectivity index (χ4n) is 0.772. The fourth-order valence-corrected chi connectivity index (χ4v) is 0.772. The lowest BCUT2D eigenvalue weighted by Gasteiger charge is -2.13. The maximum Gasteiger partial charge on any atom is 0.161 e. The Hall–Kier alpha value is -0.370. The lowest BCUT2D eigenvalue weighted by molar-refractivity contribution is -0.131. The zero-order chi connectivity index (χ0) is 8.15. The minimum absolute atomic E-state index is 0.144. The second kappa shape index (κ2) is 4.45. The van der Waals surface area contributed by atoms with Gasteiger partial charge < -0.3 is 4.74 Å².